The zero-order valence-electron chi connectivity index (χ0n) is 27.7. The molecule has 0 saturated heterocycles. The van der Waals surface area contributed by atoms with Crippen LogP contribution >= 0.6 is 0 Å². The number of hydrogen-bond acceptors (Lipinski definition) is 5. The van der Waals surface area contributed by atoms with E-state index in [-0.39, 0.29) is 42.0 Å². The Balaban J connectivity index is 1.48. The number of halogens is 9. The quantitative estimate of drug-likeness (QED) is 0.159. The first-order valence-electron chi connectivity index (χ1n) is 16.6. The number of carbonyl (C=O) groups excluding carboxylic acids is 1. The highest BCUT2D eigenvalue weighted by molar-refractivity contribution is 7.92. The Morgan fingerprint density at radius 2 is 1.26 bits per heavy atom. The van der Waals surface area contributed by atoms with E-state index in [4.69, 9.17) is 0 Å². The molecule has 5 rings (SSSR count). The van der Waals surface area contributed by atoms with Crippen molar-refractivity contribution in [3.63, 3.8) is 0 Å². The molecule has 0 bridgehead atoms. The van der Waals surface area contributed by atoms with Gasteiger partial charge in [0.05, 0.1) is 17.4 Å². The number of carbonyl (C=O) groups is 2. The third-order valence-corrected chi connectivity index (χ3v) is 12.9. The smallest absolute Gasteiger partial charge is 0.430 e. The highest BCUT2D eigenvalue weighted by Crippen LogP contribution is 2.54. The molecule has 0 aliphatic heterocycles. The van der Waals surface area contributed by atoms with Gasteiger partial charge in [0, 0.05) is 23.1 Å². The van der Waals surface area contributed by atoms with Crippen LogP contribution in [0.5, 0.6) is 0 Å². The van der Waals surface area contributed by atoms with Gasteiger partial charge in [-0.05, 0) is 93.3 Å². The summed E-state index contributed by atoms with van der Waals surface area (Å²) >= 11 is 0. The summed E-state index contributed by atoms with van der Waals surface area (Å²) in [5, 5.41) is 12.1. The lowest BCUT2D eigenvalue weighted by Gasteiger charge is -2.41. The minimum atomic E-state index is -6.23. The third-order valence-electron chi connectivity index (χ3n) is 10.3. The Morgan fingerprint density at radius 3 is 1.75 bits per heavy atom. The molecule has 0 atom stereocenters. The third kappa shape index (κ3) is 7.64. The van der Waals surface area contributed by atoms with Crippen molar-refractivity contribution in [1.82, 2.24) is 5.32 Å². The van der Waals surface area contributed by atoms with Crippen LogP contribution in [0.3, 0.4) is 0 Å². The van der Waals surface area contributed by atoms with Crippen molar-refractivity contribution in [3.05, 3.63) is 101 Å². The lowest BCUT2D eigenvalue weighted by molar-refractivity contribution is -0.392. The van der Waals surface area contributed by atoms with Crippen LogP contribution in [-0.2, 0) is 41.1 Å². The van der Waals surface area contributed by atoms with E-state index >= 15 is 0 Å². The van der Waals surface area contributed by atoms with Crippen LogP contribution in [-0.4, -0.2) is 43.8 Å². The molecule has 2 fully saturated rings. The average Bonchev–Trinajstić information content (AvgIpc) is 3.09. The second kappa shape index (κ2) is 15.0. The summed E-state index contributed by atoms with van der Waals surface area (Å²) in [4.78, 5) is 24.0. The summed E-state index contributed by atoms with van der Waals surface area (Å²) in [6.45, 7) is -1.77. The lowest BCUT2D eigenvalue weighted by Crippen LogP contribution is -2.56. The maximum Gasteiger partial charge on any atom is 0.430 e. The molecule has 2 aliphatic carbocycles. The van der Waals surface area contributed by atoms with E-state index in [0.717, 1.165) is 42.5 Å². The second-order valence-electron chi connectivity index (χ2n) is 13.4. The van der Waals surface area contributed by atoms with Gasteiger partial charge in [-0.3, -0.25) is 9.59 Å². The van der Waals surface area contributed by atoms with Crippen molar-refractivity contribution in [2.75, 3.05) is 0 Å². The number of aliphatic carboxylic acids is 1. The lowest BCUT2D eigenvalue weighted by atomic mass is 9.79. The van der Waals surface area contributed by atoms with E-state index < -0.39 is 91.6 Å². The van der Waals surface area contributed by atoms with Gasteiger partial charge in [0.1, 0.15) is 22.2 Å². The van der Waals surface area contributed by atoms with Crippen molar-refractivity contribution < 1.29 is 67.4 Å². The van der Waals surface area contributed by atoms with Gasteiger partial charge in [0.15, 0.2) is 9.84 Å². The van der Waals surface area contributed by atoms with Crippen LogP contribution in [0.4, 0.5) is 39.5 Å². The number of carboxylic acids is 1. The fourth-order valence-corrected chi connectivity index (χ4v) is 9.46. The maximum absolute atomic E-state index is 14.6. The fourth-order valence-electron chi connectivity index (χ4n) is 7.30. The van der Waals surface area contributed by atoms with Gasteiger partial charge < -0.3 is 15.2 Å². The van der Waals surface area contributed by atoms with Crippen molar-refractivity contribution in [1.29, 1.82) is 0 Å². The predicted octanol–water partition coefficient (Wildman–Crippen LogP) is 8.26. The molecule has 3 aromatic carbocycles. The Labute approximate surface area is 298 Å². The Morgan fingerprint density at radius 1 is 0.755 bits per heavy atom. The molecule has 0 heterocycles. The normalized spacial score (nSPS) is 23.0. The second-order valence-corrected chi connectivity index (χ2v) is 15.6. The van der Waals surface area contributed by atoms with E-state index in [0.29, 0.717) is 49.9 Å². The number of sulfone groups is 1. The largest absolute Gasteiger partial charge is 0.481 e. The molecule has 7 nitrogen and oxygen atoms in total. The van der Waals surface area contributed by atoms with E-state index in [1.165, 1.54) is 0 Å². The fraction of sp³-hybridized carbons (Fsp3) is 0.444. The molecule has 0 spiro atoms. The molecule has 3 aromatic rings. The maximum atomic E-state index is 14.6. The zero-order chi connectivity index (χ0) is 39.0. The van der Waals surface area contributed by atoms with Crippen molar-refractivity contribution in [2.24, 2.45) is 11.8 Å². The first-order chi connectivity index (χ1) is 24.7. The summed E-state index contributed by atoms with van der Waals surface area (Å²) < 4.78 is 161. The monoisotopic (exact) mass is 779 g/mol. The standard InChI is InChI=1S/C36H34F9NO6S/c37-25-12-14-27(15-13-25)53(50,51)33(18-16-26(17-19-33)46-31(47)21-4-6-22(7-5-21)32(48)49)23-8-10-24(11-9-23)34(35(40,41)42,36(43,44)45)52-20-28-29(38)2-1-3-30(28)39/h1-3,8-15,21-22,26H,4-7,16-20H2,(H,46,47)(H,48,49)/t21-,22-,26-,33+. The molecule has 2 N–H and O–H groups in total. The number of alkyl halides is 6. The Bertz CT molecular complexity index is 1860. The molecule has 1 amide bonds. The van der Waals surface area contributed by atoms with Crippen LogP contribution in [0.2, 0.25) is 0 Å². The molecule has 0 aromatic heterocycles. The van der Waals surface area contributed by atoms with Gasteiger partial charge in [0.25, 0.3) is 5.60 Å². The zero-order valence-corrected chi connectivity index (χ0v) is 28.6. The van der Waals surface area contributed by atoms with Crippen LogP contribution in [0.15, 0.2) is 71.6 Å². The van der Waals surface area contributed by atoms with Crippen LogP contribution < -0.4 is 5.32 Å². The highest BCUT2D eigenvalue weighted by Gasteiger charge is 2.73. The van der Waals surface area contributed by atoms with E-state index in [1.807, 2.05) is 0 Å². The van der Waals surface area contributed by atoms with E-state index in [1.54, 1.807) is 0 Å². The number of carboxylic acid groups (broad SMARTS) is 1. The molecular formula is C36H34F9NO6S. The molecule has 2 aliphatic rings. The van der Waals surface area contributed by atoms with Crippen molar-refractivity contribution >= 4 is 21.7 Å². The van der Waals surface area contributed by atoms with E-state index in [9.17, 15) is 62.6 Å². The molecule has 2 saturated carbocycles. The molecule has 0 unspecified atom stereocenters. The molecule has 288 valence electrons. The Kier molecular flexibility index (Phi) is 11.3. The summed E-state index contributed by atoms with van der Waals surface area (Å²) in [6, 6.07) is 7.66. The number of rotatable bonds is 10. The van der Waals surface area contributed by atoms with Gasteiger partial charge in [0.2, 0.25) is 5.91 Å². The minimum absolute atomic E-state index is 0.0186. The predicted molar refractivity (Wildman–Crippen MR) is 170 cm³/mol. The number of nitrogens with one attached hydrogen (secondary N) is 1. The molecule has 0 radical (unpaired) electrons. The van der Waals surface area contributed by atoms with Crippen molar-refractivity contribution in [3.8, 4) is 0 Å². The molecule has 17 heteroatoms. The summed E-state index contributed by atoms with van der Waals surface area (Å²) in [7, 11) is -4.54. The van der Waals surface area contributed by atoms with Gasteiger partial charge in [-0.2, -0.15) is 26.3 Å². The first kappa shape index (κ1) is 40.1. The van der Waals surface area contributed by atoms with Gasteiger partial charge in [-0.1, -0.05) is 30.3 Å². The molecule has 53 heavy (non-hydrogen) atoms. The number of amides is 1. The average molecular weight is 780 g/mol. The SMILES string of the molecule is O=C(O)[C@H]1CC[C@H](C(=O)N[C@H]2CC[C@@](c3ccc(C(OCc4c(F)cccc4F)(C(F)(F)F)C(F)(F)F)cc3)(S(=O)(=O)c3ccc(F)cc3)CC2)CC1. The van der Waals surface area contributed by atoms with Crippen LogP contribution in [0.25, 0.3) is 0 Å². The van der Waals surface area contributed by atoms with Gasteiger partial charge in [-0.25, -0.2) is 21.6 Å². The van der Waals surface area contributed by atoms with E-state index in [2.05, 4.69) is 10.1 Å². The summed E-state index contributed by atoms with van der Waals surface area (Å²) in [5.41, 5.74) is -8.00. The molecular weight excluding hydrogens is 745 g/mol. The van der Waals surface area contributed by atoms with Gasteiger partial charge in [-0.15, -0.1) is 0 Å². The summed E-state index contributed by atoms with van der Waals surface area (Å²) in [5.74, 6) is -5.97. The van der Waals surface area contributed by atoms with Crippen LogP contribution in [0, 0.1) is 29.3 Å². The topological polar surface area (TPSA) is 110 Å². The highest BCUT2D eigenvalue weighted by atomic mass is 32.2. The minimum Gasteiger partial charge on any atom is -0.481 e. The Hall–Kier alpha value is -4.12. The first-order valence-corrected chi connectivity index (χ1v) is 18.1. The number of ether oxygens (including phenoxy) is 1. The van der Waals surface area contributed by atoms with Crippen LogP contribution in [0.1, 0.15) is 68.1 Å². The number of benzene rings is 3. The summed E-state index contributed by atoms with van der Waals surface area (Å²) in [6.07, 6.45) is -11.6. The number of hydrogen-bond donors (Lipinski definition) is 2. The van der Waals surface area contributed by atoms with Crippen molar-refractivity contribution in [2.45, 2.75) is 91.6 Å². The van der Waals surface area contributed by atoms with Gasteiger partial charge >= 0.3 is 18.3 Å².